The number of ether oxygens (including phenoxy) is 2. The van der Waals surface area contributed by atoms with Crippen molar-refractivity contribution < 1.29 is 9.47 Å². The highest BCUT2D eigenvalue weighted by Crippen LogP contribution is 2.29. The number of piperidine rings is 1. The van der Waals surface area contributed by atoms with E-state index in [4.69, 9.17) is 9.47 Å². The van der Waals surface area contributed by atoms with Crippen LogP contribution in [-0.4, -0.2) is 48.4 Å². The minimum absolute atomic E-state index is 0. The summed E-state index contributed by atoms with van der Waals surface area (Å²) in [5.41, 5.74) is 2.21. The zero-order valence-corrected chi connectivity index (χ0v) is 20.5. The molecule has 0 aliphatic carbocycles. The van der Waals surface area contributed by atoms with Crippen molar-refractivity contribution in [3.05, 3.63) is 71.9 Å². The van der Waals surface area contributed by atoms with Crippen LogP contribution in [0.2, 0.25) is 0 Å². The van der Waals surface area contributed by atoms with E-state index in [-0.39, 0.29) is 12.4 Å². The lowest BCUT2D eigenvalue weighted by Crippen LogP contribution is -2.38. The lowest BCUT2D eigenvalue weighted by molar-refractivity contribution is 0.182. The maximum Gasteiger partial charge on any atom is 0.156 e. The Morgan fingerprint density at radius 2 is 1.71 bits per heavy atom. The quantitative estimate of drug-likeness (QED) is 0.382. The number of likely N-dealkylation sites (tertiary alicyclic amines) is 1. The Labute approximate surface area is 206 Å². The van der Waals surface area contributed by atoms with Crippen LogP contribution >= 0.6 is 12.4 Å². The van der Waals surface area contributed by atoms with E-state index in [1.165, 1.54) is 16.3 Å². The van der Waals surface area contributed by atoms with Crippen molar-refractivity contribution in [1.82, 2.24) is 15.1 Å². The molecule has 0 saturated carbocycles. The van der Waals surface area contributed by atoms with E-state index in [9.17, 15) is 0 Å². The molecule has 1 saturated heterocycles. The Hall–Kier alpha value is -2.93. The molecule has 2 heterocycles. The molecular formula is C27H31ClN4O2. The van der Waals surface area contributed by atoms with Gasteiger partial charge in [-0.05, 0) is 53.4 Å². The molecule has 3 aromatic carbocycles. The molecule has 6 nitrogen and oxygen atoms in total. The van der Waals surface area contributed by atoms with Crippen LogP contribution in [-0.2, 0) is 17.9 Å². The number of aromatic nitrogens is 2. The molecule has 1 fully saturated rings. The fourth-order valence-corrected chi connectivity index (χ4v) is 4.69. The Balaban J connectivity index is 0.00000274. The molecule has 1 N–H and O–H groups in total. The van der Waals surface area contributed by atoms with Gasteiger partial charge in [0, 0.05) is 43.6 Å². The van der Waals surface area contributed by atoms with Crippen LogP contribution in [0.15, 0.2) is 60.7 Å². The molecule has 178 valence electrons. The molecule has 0 amide bonds. The third kappa shape index (κ3) is 5.25. The second kappa shape index (κ2) is 11.0. The Morgan fingerprint density at radius 3 is 2.47 bits per heavy atom. The maximum absolute atomic E-state index is 5.45. The van der Waals surface area contributed by atoms with Gasteiger partial charge in [-0.3, -0.25) is 4.90 Å². The van der Waals surface area contributed by atoms with Gasteiger partial charge in [-0.1, -0.05) is 36.4 Å². The fraction of sp³-hybridized carbons (Fsp3) is 0.333. The summed E-state index contributed by atoms with van der Waals surface area (Å²) < 4.78 is 10.8. The topological polar surface area (TPSA) is 59.5 Å². The van der Waals surface area contributed by atoms with Gasteiger partial charge >= 0.3 is 0 Å². The normalized spacial score (nSPS) is 14.8. The number of benzene rings is 3. The largest absolute Gasteiger partial charge is 0.497 e. The monoisotopic (exact) mass is 478 g/mol. The van der Waals surface area contributed by atoms with Gasteiger partial charge < -0.3 is 14.8 Å². The summed E-state index contributed by atoms with van der Waals surface area (Å²) in [5.74, 6) is 1.63. The van der Waals surface area contributed by atoms with Gasteiger partial charge in [-0.15, -0.1) is 17.5 Å². The maximum atomic E-state index is 5.45. The summed E-state index contributed by atoms with van der Waals surface area (Å²) in [7, 11) is 3.36. The van der Waals surface area contributed by atoms with E-state index in [0.29, 0.717) is 12.6 Å². The summed E-state index contributed by atoms with van der Waals surface area (Å²) in [6.07, 6.45) is 2.14. The number of halogens is 1. The lowest BCUT2D eigenvalue weighted by Gasteiger charge is -2.32. The first-order chi connectivity index (χ1) is 16.2. The fourth-order valence-electron chi connectivity index (χ4n) is 4.69. The van der Waals surface area contributed by atoms with E-state index in [0.717, 1.165) is 60.5 Å². The minimum Gasteiger partial charge on any atom is -0.497 e. The van der Waals surface area contributed by atoms with E-state index >= 15 is 0 Å². The first kappa shape index (κ1) is 24.2. The molecule has 34 heavy (non-hydrogen) atoms. The van der Waals surface area contributed by atoms with Crippen LogP contribution in [0.4, 0.5) is 5.82 Å². The summed E-state index contributed by atoms with van der Waals surface area (Å²) in [6.45, 7) is 3.54. The first-order valence-electron chi connectivity index (χ1n) is 11.5. The summed E-state index contributed by atoms with van der Waals surface area (Å²) in [6, 6.07) is 21.7. The Bertz CT molecular complexity index is 1260. The van der Waals surface area contributed by atoms with Gasteiger partial charge in [0.05, 0.1) is 19.4 Å². The molecule has 4 aromatic rings. The van der Waals surface area contributed by atoms with Crippen LogP contribution in [0, 0.1) is 0 Å². The number of anilines is 1. The zero-order chi connectivity index (χ0) is 22.6. The Kier molecular flexibility index (Phi) is 7.83. The van der Waals surface area contributed by atoms with Crippen LogP contribution < -0.4 is 10.1 Å². The highest BCUT2D eigenvalue weighted by molar-refractivity contribution is 5.94. The summed E-state index contributed by atoms with van der Waals surface area (Å²) in [5, 5.41) is 17.3. The predicted molar refractivity (Wildman–Crippen MR) is 140 cm³/mol. The first-order valence-corrected chi connectivity index (χ1v) is 11.5. The molecule has 0 spiro atoms. The SMILES string of the molecule is COCc1nnc(NC2CCN(Cc3ccc4ccccc4c3)CC2)c2cc(OC)ccc12.Cl. The smallest absolute Gasteiger partial charge is 0.156 e. The molecule has 7 heteroatoms. The van der Waals surface area contributed by atoms with Gasteiger partial charge in [0.15, 0.2) is 5.82 Å². The molecule has 0 bridgehead atoms. The second-order valence-electron chi connectivity index (χ2n) is 8.72. The van der Waals surface area contributed by atoms with Crippen LogP contribution in [0.3, 0.4) is 0 Å². The molecule has 1 aliphatic rings. The highest BCUT2D eigenvalue weighted by Gasteiger charge is 2.21. The van der Waals surface area contributed by atoms with Crippen molar-refractivity contribution >= 4 is 39.8 Å². The standard InChI is InChI=1S/C27H30N4O2.ClH/c1-32-18-26-24-10-9-23(33-2)16-25(24)27(30-29-26)28-22-11-13-31(14-12-22)17-19-7-8-20-5-3-4-6-21(20)15-19;/h3-10,15-16,22H,11-14,17-18H2,1-2H3,(H,28,30);1H. The number of nitrogens with one attached hydrogen (secondary N) is 1. The molecule has 0 radical (unpaired) electrons. The van der Waals surface area contributed by atoms with Gasteiger partial charge in [0.1, 0.15) is 5.75 Å². The van der Waals surface area contributed by atoms with Crippen molar-refractivity contribution in [1.29, 1.82) is 0 Å². The third-order valence-corrected chi connectivity index (χ3v) is 6.49. The summed E-state index contributed by atoms with van der Waals surface area (Å²) in [4.78, 5) is 2.54. The minimum atomic E-state index is 0. The summed E-state index contributed by atoms with van der Waals surface area (Å²) >= 11 is 0. The number of rotatable bonds is 7. The van der Waals surface area contributed by atoms with Crippen molar-refractivity contribution in [3.63, 3.8) is 0 Å². The van der Waals surface area contributed by atoms with Crippen molar-refractivity contribution in [2.45, 2.75) is 32.0 Å². The van der Waals surface area contributed by atoms with Gasteiger partial charge in [0.2, 0.25) is 0 Å². The van der Waals surface area contributed by atoms with Crippen molar-refractivity contribution in [2.24, 2.45) is 0 Å². The molecule has 0 atom stereocenters. The molecule has 1 aromatic heterocycles. The van der Waals surface area contributed by atoms with Gasteiger partial charge in [-0.2, -0.15) is 5.10 Å². The van der Waals surface area contributed by atoms with Crippen molar-refractivity contribution in [2.75, 3.05) is 32.6 Å². The van der Waals surface area contributed by atoms with E-state index in [1.54, 1.807) is 14.2 Å². The number of hydrogen-bond acceptors (Lipinski definition) is 6. The number of nitrogens with zero attached hydrogens (tertiary/aromatic N) is 3. The second-order valence-corrected chi connectivity index (χ2v) is 8.72. The number of methoxy groups -OCH3 is 2. The molecule has 1 aliphatic heterocycles. The molecule has 0 unspecified atom stereocenters. The number of hydrogen-bond donors (Lipinski definition) is 1. The lowest BCUT2D eigenvalue weighted by atomic mass is 10.0. The van der Waals surface area contributed by atoms with Crippen molar-refractivity contribution in [3.8, 4) is 5.75 Å². The van der Waals surface area contributed by atoms with E-state index in [1.807, 2.05) is 18.2 Å². The van der Waals surface area contributed by atoms with E-state index in [2.05, 4.69) is 62.9 Å². The van der Waals surface area contributed by atoms with Crippen LogP contribution in [0.5, 0.6) is 5.75 Å². The van der Waals surface area contributed by atoms with Crippen LogP contribution in [0.25, 0.3) is 21.5 Å². The van der Waals surface area contributed by atoms with Crippen LogP contribution in [0.1, 0.15) is 24.1 Å². The number of fused-ring (bicyclic) bond motifs is 2. The average Bonchev–Trinajstić information content (AvgIpc) is 2.86. The van der Waals surface area contributed by atoms with Gasteiger partial charge in [0.25, 0.3) is 0 Å². The molecular weight excluding hydrogens is 448 g/mol. The Morgan fingerprint density at radius 1 is 0.912 bits per heavy atom. The van der Waals surface area contributed by atoms with Gasteiger partial charge in [-0.25, -0.2) is 0 Å². The average molecular weight is 479 g/mol. The predicted octanol–water partition coefficient (Wildman–Crippen LogP) is 5.44. The third-order valence-electron chi connectivity index (χ3n) is 6.49. The van der Waals surface area contributed by atoms with E-state index < -0.39 is 0 Å². The molecule has 5 rings (SSSR count). The highest BCUT2D eigenvalue weighted by atomic mass is 35.5. The zero-order valence-electron chi connectivity index (χ0n) is 19.7.